The van der Waals surface area contributed by atoms with Crippen molar-refractivity contribution in [2.75, 3.05) is 0 Å². The van der Waals surface area contributed by atoms with Crippen LogP contribution in [-0.2, 0) is 45.6 Å². The molecule has 11 heteroatoms. The highest BCUT2D eigenvalue weighted by Crippen LogP contribution is 2.58. The van der Waals surface area contributed by atoms with Crippen LogP contribution in [0.15, 0.2) is 150 Å². The van der Waals surface area contributed by atoms with Crippen LogP contribution in [0.25, 0.3) is 0 Å². The summed E-state index contributed by atoms with van der Waals surface area (Å²) in [5.41, 5.74) is 7.19. The fraction of sp³-hybridized carbons (Fsp3) is 0.507. The number of benzene rings is 6. The quantitative estimate of drug-likeness (QED) is 0.0797. The van der Waals surface area contributed by atoms with Gasteiger partial charge >= 0.3 is 6.18 Å². The highest BCUT2D eigenvalue weighted by molar-refractivity contribution is 9.10. The first-order valence-electron chi connectivity index (χ1n) is 31.7. The summed E-state index contributed by atoms with van der Waals surface area (Å²) >= 11 is 9.71. The summed E-state index contributed by atoms with van der Waals surface area (Å²) in [6.07, 6.45) is 21.4. The van der Waals surface area contributed by atoms with Crippen LogP contribution in [0.1, 0.15) is 155 Å². The molecule has 0 aromatic heterocycles. The van der Waals surface area contributed by atoms with E-state index in [0.717, 1.165) is 112 Å². The predicted octanol–water partition coefficient (Wildman–Crippen LogP) is 18.4. The van der Waals surface area contributed by atoms with Crippen LogP contribution in [0.4, 0.5) is 13.2 Å². The van der Waals surface area contributed by atoms with Crippen LogP contribution in [0.5, 0.6) is 17.2 Å². The Morgan fingerprint density at radius 1 is 0.393 bits per heavy atom. The minimum Gasteiger partial charge on any atom is -0.489 e. The smallest absolute Gasteiger partial charge is 0.416 e. The first kappa shape index (κ1) is 58.2. The number of hydrogen-bond donors (Lipinski definition) is 3. The molecule has 12 bridgehead atoms. The molecule has 12 aliphatic carbocycles. The van der Waals surface area contributed by atoms with Crippen LogP contribution < -0.4 is 30.2 Å². The monoisotopic (exact) mass is 1220 g/mol. The summed E-state index contributed by atoms with van der Waals surface area (Å²) in [6, 6.07) is 46.5. The van der Waals surface area contributed by atoms with Gasteiger partial charge in [0, 0.05) is 51.3 Å². The van der Waals surface area contributed by atoms with E-state index in [1.807, 2.05) is 48.5 Å². The number of nitrogens with one attached hydrogen (secondary N) is 3. The third-order valence-corrected chi connectivity index (χ3v) is 22.1. The van der Waals surface area contributed by atoms with Crippen molar-refractivity contribution >= 4 is 27.5 Å². The molecule has 0 atom stereocenters. The highest BCUT2D eigenvalue weighted by Gasteiger charge is 2.53. The Balaban J connectivity index is 0.000000118. The third-order valence-electron chi connectivity index (χ3n) is 21.2. The van der Waals surface area contributed by atoms with Gasteiger partial charge in [0.2, 0.25) is 0 Å². The number of hydrogen-bond acceptors (Lipinski definition) is 6. The standard InChI is InChI=1S/C25H28F3NO.C24H28BrNO.C24H28ClNO/c26-25(27,28)22-3-1-2-18(11-22)16-30-23-6-4-17(5-7-23)15-29-24-12-19-8-20(13-24)10-21(9-19)14-24;25-22-3-1-2-18(11-22)16-27-23-6-4-17(5-7-23)15-26-24-12-19-8-20(13-24)10-21(9-19)14-24;25-23-4-2-1-3-21(23)16-27-22-7-5-17(6-8-22)15-26-24-12-18-9-19(13-24)11-20(10-18)14-24/h1-7,11,19-21,29H,8-10,12-16H2;1-7,11,19-21,26H,8-10,12-16H2;1-8,18-20,26H,9-16H2. The average molecular weight is 1220 g/mol. The van der Waals surface area contributed by atoms with E-state index in [4.69, 9.17) is 25.8 Å². The number of ether oxygens (including phenoxy) is 3. The van der Waals surface area contributed by atoms with Crippen molar-refractivity contribution in [2.24, 2.45) is 53.3 Å². The summed E-state index contributed by atoms with van der Waals surface area (Å²) in [5, 5.41) is 12.6. The SMILES string of the molecule is Brc1cccc(COc2ccc(CNC34CC5CC(CC(C5)C3)C4)cc2)c1.Clc1ccccc1COc1ccc(CNC23CC4CC(CC(C4)C2)C3)cc1.FC(F)(F)c1cccc(COc2ccc(CNC34CC5CC(CC(C5)C3)C4)cc2)c1. The van der Waals surface area contributed by atoms with Crippen molar-refractivity contribution in [3.8, 4) is 17.2 Å². The molecule has 12 aliphatic rings. The molecule has 6 aromatic carbocycles. The Morgan fingerprint density at radius 2 is 0.726 bits per heavy atom. The molecule has 3 N–H and O–H groups in total. The van der Waals surface area contributed by atoms with E-state index in [1.54, 1.807) is 6.07 Å². The Labute approximate surface area is 510 Å². The number of halogens is 5. The molecule has 12 fully saturated rings. The third kappa shape index (κ3) is 14.4. The second-order valence-electron chi connectivity index (χ2n) is 27.9. The largest absolute Gasteiger partial charge is 0.489 e. The van der Waals surface area contributed by atoms with Crippen molar-refractivity contribution in [3.63, 3.8) is 0 Å². The molecule has 0 amide bonds. The maximum absolute atomic E-state index is 12.8. The lowest BCUT2D eigenvalue weighted by molar-refractivity contribution is -0.137. The zero-order valence-electron chi connectivity index (χ0n) is 48.6. The van der Waals surface area contributed by atoms with Crippen LogP contribution in [0.3, 0.4) is 0 Å². The van der Waals surface area contributed by atoms with Crippen LogP contribution in [0.2, 0.25) is 5.02 Å². The van der Waals surface area contributed by atoms with Crippen LogP contribution in [0, 0.1) is 53.3 Å². The Bertz CT molecular complexity index is 3060. The summed E-state index contributed by atoms with van der Waals surface area (Å²) in [4.78, 5) is 0. The van der Waals surface area contributed by atoms with Crippen molar-refractivity contribution in [3.05, 3.63) is 194 Å². The maximum Gasteiger partial charge on any atom is 0.416 e. The topological polar surface area (TPSA) is 63.8 Å². The molecular weight excluding hydrogens is 1140 g/mol. The van der Waals surface area contributed by atoms with Crippen molar-refractivity contribution < 1.29 is 27.4 Å². The summed E-state index contributed by atoms with van der Waals surface area (Å²) in [6.45, 7) is 4.04. The lowest BCUT2D eigenvalue weighted by atomic mass is 9.53. The van der Waals surface area contributed by atoms with Gasteiger partial charge in [0.25, 0.3) is 0 Å². The predicted molar refractivity (Wildman–Crippen MR) is 333 cm³/mol. The average Bonchev–Trinajstić information content (AvgIpc) is 1.32. The fourth-order valence-corrected chi connectivity index (χ4v) is 19.2. The van der Waals surface area contributed by atoms with Gasteiger partial charge in [0.15, 0.2) is 0 Å². The molecule has 444 valence electrons. The van der Waals surface area contributed by atoms with Gasteiger partial charge in [0.1, 0.15) is 37.1 Å². The molecule has 0 aliphatic heterocycles. The first-order valence-corrected chi connectivity index (χ1v) is 32.9. The van der Waals surface area contributed by atoms with E-state index in [-0.39, 0.29) is 6.61 Å². The van der Waals surface area contributed by atoms with Gasteiger partial charge < -0.3 is 30.2 Å². The van der Waals surface area contributed by atoms with Crippen LogP contribution in [-0.4, -0.2) is 16.6 Å². The van der Waals surface area contributed by atoms with Gasteiger partial charge in [-0.15, -0.1) is 0 Å². The summed E-state index contributed by atoms with van der Waals surface area (Å²) in [5.74, 6) is 11.2. The molecule has 6 nitrogen and oxygen atoms in total. The first-order chi connectivity index (χ1) is 40.7. The van der Waals surface area contributed by atoms with Gasteiger partial charge in [0.05, 0.1) is 5.56 Å². The molecular formula is C73H84BrClF3N3O3. The maximum atomic E-state index is 12.8. The molecule has 12 saturated carbocycles. The van der Waals surface area contributed by atoms with E-state index >= 15 is 0 Å². The number of alkyl halides is 3. The van der Waals surface area contributed by atoms with Crippen molar-refractivity contribution in [2.45, 2.75) is 178 Å². The zero-order chi connectivity index (χ0) is 57.3. The van der Waals surface area contributed by atoms with Gasteiger partial charge in [-0.2, -0.15) is 13.2 Å². The van der Waals surface area contributed by atoms with E-state index < -0.39 is 11.7 Å². The molecule has 0 unspecified atom stereocenters. The minimum absolute atomic E-state index is 0.120. The lowest BCUT2D eigenvalue weighted by Crippen LogP contribution is -2.58. The van der Waals surface area contributed by atoms with E-state index in [0.29, 0.717) is 41.1 Å². The molecule has 6 aromatic rings. The fourth-order valence-electron chi connectivity index (χ4n) is 18.5. The van der Waals surface area contributed by atoms with Crippen molar-refractivity contribution in [1.82, 2.24) is 16.0 Å². The molecule has 0 radical (unpaired) electrons. The van der Waals surface area contributed by atoms with E-state index in [9.17, 15) is 13.2 Å². The number of rotatable bonds is 18. The van der Waals surface area contributed by atoms with Crippen LogP contribution >= 0.6 is 27.5 Å². The van der Waals surface area contributed by atoms with Gasteiger partial charge in [-0.3, -0.25) is 0 Å². The van der Waals surface area contributed by atoms with Gasteiger partial charge in [-0.05, 0) is 263 Å². The zero-order valence-corrected chi connectivity index (χ0v) is 51.0. The minimum atomic E-state index is -4.33. The molecule has 0 saturated heterocycles. The Morgan fingerprint density at radius 3 is 1.07 bits per heavy atom. The van der Waals surface area contributed by atoms with Gasteiger partial charge in [-0.25, -0.2) is 0 Å². The molecule has 18 rings (SSSR count). The Hall–Kier alpha value is -4.84. The summed E-state index contributed by atoms with van der Waals surface area (Å²) in [7, 11) is 0. The van der Waals surface area contributed by atoms with E-state index in [1.165, 1.54) is 144 Å². The van der Waals surface area contributed by atoms with Crippen molar-refractivity contribution in [1.29, 1.82) is 0 Å². The molecule has 84 heavy (non-hydrogen) atoms. The highest BCUT2D eigenvalue weighted by atomic mass is 79.9. The second-order valence-corrected chi connectivity index (χ2v) is 29.2. The second kappa shape index (κ2) is 25.1. The van der Waals surface area contributed by atoms with E-state index in [2.05, 4.69) is 105 Å². The molecule has 0 heterocycles. The van der Waals surface area contributed by atoms with Gasteiger partial charge in [-0.1, -0.05) is 106 Å². The lowest BCUT2D eigenvalue weighted by Gasteiger charge is -2.57. The molecule has 0 spiro atoms. The Kier molecular flexibility index (Phi) is 17.4. The normalized spacial score (nSPS) is 30.8. The summed E-state index contributed by atoms with van der Waals surface area (Å²) < 4.78 is 57.2.